The number of carbonyl (C=O) groups excluding carboxylic acids is 1. The molecule has 0 unspecified atom stereocenters. The molecule has 0 radical (unpaired) electrons. The number of amides is 2. The van der Waals surface area contributed by atoms with E-state index < -0.39 is 18.5 Å². The van der Waals surface area contributed by atoms with Crippen molar-refractivity contribution < 1.29 is 19.8 Å². The number of hydrogen-bond donors (Lipinski definition) is 2. The van der Waals surface area contributed by atoms with Crippen LogP contribution in [0.3, 0.4) is 0 Å². The number of hydrogen-bond acceptors (Lipinski definition) is 3. The highest BCUT2D eigenvalue weighted by Gasteiger charge is 2.30. The summed E-state index contributed by atoms with van der Waals surface area (Å²) in [5.41, 5.74) is 0.0454. The van der Waals surface area contributed by atoms with Gasteiger partial charge in [-0.2, -0.15) is 0 Å². The number of carboxylic acid groups (broad SMARTS) is 1. The molecule has 6 heteroatoms. The molecule has 1 rings (SSSR count). The van der Waals surface area contributed by atoms with Crippen LogP contribution in [0.2, 0.25) is 0 Å². The molecule has 0 spiro atoms. The van der Waals surface area contributed by atoms with Gasteiger partial charge in [-0.15, -0.1) is 0 Å². The first-order valence-electron chi connectivity index (χ1n) is 6.75. The third kappa shape index (κ3) is 4.11. The Morgan fingerprint density at radius 1 is 1.19 bits per heavy atom. The molecule has 0 fully saturated rings. The van der Waals surface area contributed by atoms with E-state index in [4.69, 9.17) is 5.11 Å². The van der Waals surface area contributed by atoms with Crippen LogP contribution in [0.4, 0.5) is 10.5 Å². The number of urea groups is 1. The van der Waals surface area contributed by atoms with E-state index >= 15 is 0 Å². The Morgan fingerprint density at radius 3 is 2.14 bits per heavy atom. The minimum Gasteiger partial charge on any atom is -0.508 e. The Balaban J connectivity index is 3.10. The molecule has 1 aromatic carbocycles. The molecule has 21 heavy (non-hydrogen) atoms. The fourth-order valence-electron chi connectivity index (χ4n) is 1.71. The lowest BCUT2D eigenvalue weighted by molar-refractivity contribution is -0.135. The Bertz CT molecular complexity index is 511. The Hall–Kier alpha value is -2.24. The van der Waals surface area contributed by atoms with Crippen molar-refractivity contribution >= 4 is 17.7 Å². The van der Waals surface area contributed by atoms with Crippen molar-refractivity contribution in [2.75, 3.05) is 18.5 Å². The van der Waals surface area contributed by atoms with Crippen LogP contribution < -0.4 is 4.90 Å². The number of benzene rings is 1. The van der Waals surface area contributed by atoms with Crippen molar-refractivity contribution in [2.45, 2.75) is 32.7 Å². The topological polar surface area (TPSA) is 81.1 Å². The summed E-state index contributed by atoms with van der Waals surface area (Å²) in [6, 6.07) is 5.48. The minimum atomic E-state index is -1.10. The van der Waals surface area contributed by atoms with E-state index in [-0.39, 0.29) is 11.3 Å². The fourth-order valence-corrected chi connectivity index (χ4v) is 1.71. The third-order valence-electron chi connectivity index (χ3n) is 3.75. The van der Waals surface area contributed by atoms with E-state index in [9.17, 15) is 14.7 Å². The van der Waals surface area contributed by atoms with Gasteiger partial charge >= 0.3 is 12.0 Å². The highest BCUT2D eigenvalue weighted by Crippen LogP contribution is 2.23. The molecule has 0 aliphatic carbocycles. The average molecular weight is 294 g/mol. The second kappa shape index (κ2) is 6.47. The van der Waals surface area contributed by atoms with Crippen LogP contribution in [0.25, 0.3) is 0 Å². The highest BCUT2D eigenvalue weighted by atomic mass is 16.4. The van der Waals surface area contributed by atoms with Crippen molar-refractivity contribution in [1.82, 2.24) is 4.90 Å². The van der Waals surface area contributed by atoms with E-state index in [0.717, 1.165) is 6.42 Å². The van der Waals surface area contributed by atoms with Gasteiger partial charge in [-0.05, 0) is 44.5 Å². The van der Waals surface area contributed by atoms with Crippen LogP contribution in [0, 0.1) is 0 Å². The summed E-state index contributed by atoms with van der Waals surface area (Å²) < 4.78 is 0. The van der Waals surface area contributed by atoms with Gasteiger partial charge in [0.1, 0.15) is 12.3 Å². The number of rotatable bonds is 5. The number of anilines is 1. The van der Waals surface area contributed by atoms with Gasteiger partial charge < -0.3 is 15.1 Å². The van der Waals surface area contributed by atoms with Crippen LogP contribution in [0.15, 0.2) is 24.3 Å². The van der Waals surface area contributed by atoms with Gasteiger partial charge in [0.15, 0.2) is 0 Å². The molecule has 2 N–H and O–H groups in total. The lowest BCUT2D eigenvalue weighted by Gasteiger charge is -2.38. The maximum atomic E-state index is 12.6. The number of phenols is 1. The normalized spacial score (nSPS) is 11.0. The molecule has 1 aromatic rings. The van der Waals surface area contributed by atoms with Gasteiger partial charge in [-0.3, -0.25) is 9.69 Å². The maximum absolute atomic E-state index is 12.6. The van der Waals surface area contributed by atoms with Crippen LogP contribution in [-0.4, -0.2) is 46.2 Å². The van der Waals surface area contributed by atoms with Crippen LogP contribution in [0.1, 0.15) is 27.2 Å². The zero-order chi connectivity index (χ0) is 16.2. The Labute approximate surface area is 124 Å². The van der Waals surface area contributed by atoms with Crippen LogP contribution >= 0.6 is 0 Å². The van der Waals surface area contributed by atoms with E-state index in [1.165, 1.54) is 34.1 Å². The van der Waals surface area contributed by atoms with Crippen LogP contribution in [-0.2, 0) is 4.79 Å². The summed E-state index contributed by atoms with van der Waals surface area (Å²) in [6.07, 6.45) is 0.742. The lowest BCUT2D eigenvalue weighted by atomic mass is 10.0. The molecule has 0 bridgehead atoms. The molecule has 2 amide bonds. The fraction of sp³-hybridized carbons (Fsp3) is 0.467. The summed E-state index contributed by atoms with van der Waals surface area (Å²) in [5.74, 6) is -1.04. The predicted octanol–water partition coefficient (Wildman–Crippen LogP) is 2.52. The molecule has 0 heterocycles. The summed E-state index contributed by atoms with van der Waals surface area (Å²) in [5, 5.41) is 18.3. The van der Waals surface area contributed by atoms with E-state index in [2.05, 4.69) is 0 Å². The maximum Gasteiger partial charge on any atom is 0.325 e. The smallest absolute Gasteiger partial charge is 0.325 e. The SMILES string of the molecule is CCC(C)(C)N(C)C(=O)N(CC(=O)O)c1ccc(O)cc1. The molecule has 0 aliphatic rings. The largest absolute Gasteiger partial charge is 0.508 e. The predicted molar refractivity (Wildman–Crippen MR) is 80.6 cm³/mol. The van der Waals surface area contributed by atoms with Crippen molar-refractivity contribution in [2.24, 2.45) is 0 Å². The standard InChI is InChI=1S/C15H22N2O4/c1-5-15(2,3)16(4)14(21)17(10-13(19)20)11-6-8-12(18)9-7-11/h6-9,18H,5,10H2,1-4H3,(H,19,20). The first kappa shape index (κ1) is 16.8. The lowest BCUT2D eigenvalue weighted by Crippen LogP contribution is -2.52. The number of nitrogens with zero attached hydrogens (tertiary/aromatic N) is 2. The van der Waals surface area contributed by atoms with Crippen molar-refractivity contribution in [3.63, 3.8) is 0 Å². The Morgan fingerprint density at radius 2 is 1.71 bits per heavy atom. The molecule has 6 nitrogen and oxygen atoms in total. The molecule has 0 aromatic heterocycles. The minimum absolute atomic E-state index is 0.0590. The van der Waals surface area contributed by atoms with E-state index in [1.807, 2.05) is 20.8 Å². The number of carbonyl (C=O) groups is 2. The van der Waals surface area contributed by atoms with Gasteiger partial charge in [0, 0.05) is 18.3 Å². The highest BCUT2D eigenvalue weighted by molar-refractivity contribution is 5.96. The van der Waals surface area contributed by atoms with Gasteiger partial charge in [-0.1, -0.05) is 6.92 Å². The molecular formula is C15H22N2O4. The molecule has 0 aliphatic heterocycles. The van der Waals surface area contributed by atoms with Gasteiger partial charge in [-0.25, -0.2) is 4.79 Å². The zero-order valence-corrected chi connectivity index (χ0v) is 12.8. The van der Waals surface area contributed by atoms with E-state index in [1.54, 1.807) is 7.05 Å². The summed E-state index contributed by atoms with van der Waals surface area (Å²) >= 11 is 0. The number of carboxylic acids is 1. The third-order valence-corrected chi connectivity index (χ3v) is 3.75. The number of phenolic OH excluding ortho intramolecular Hbond substituents is 1. The summed E-state index contributed by atoms with van der Waals surface area (Å²) in [7, 11) is 1.65. The van der Waals surface area contributed by atoms with Crippen molar-refractivity contribution in [3.8, 4) is 5.75 Å². The Kier molecular flexibility index (Phi) is 5.18. The van der Waals surface area contributed by atoms with Gasteiger partial charge in [0.2, 0.25) is 0 Å². The summed E-state index contributed by atoms with van der Waals surface area (Å²) in [4.78, 5) is 26.3. The van der Waals surface area contributed by atoms with Gasteiger partial charge in [0.25, 0.3) is 0 Å². The quantitative estimate of drug-likeness (QED) is 0.874. The van der Waals surface area contributed by atoms with Crippen molar-refractivity contribution in [1.29, 1.82) is 0 Å². The molecule has 116 valence electrons. The first-order chi connectivity index (χ1) is 9.69. The molecule has 0 saturated heterocycles. The molecular weight excluding hydrogens is 272 g/mol. The zero-order valence-electron chi connectivity index (χ0n) is 12.8. The van der Waals surface area contributed by atoms with Crippen molar-refractivity contribution in [3.05, 3.63) is 24.3 Å². The second-order valence-electron chi connectivity index (χ2n) is 5.50. The molecule has 0 saturated carbocycles. The first-order valence-corrected chi connectivity index (χ1v) is 6.75. The monoisotopic (exact) mass is 294 g/mol. The van der Waals surface area contributed by atoms with Gasteiger partial charge in [0.05, 0.1) is 0 Å². The second-order valence-corrected chi connectivity index (χ2v) is 5.50. The summed E-state index contributed by atoms with van der Waals surface area (Å²) in [6.45, 7) is 5.36. The average Bonchev–Trinajstić information content (AvgIpc) is 2.44. The molecule has 0 atom stereocenters. The van der Waals surface area contributed by atoms with Crippen LogP contribution in [0.5, 0.6) is 5.75 Å². The number of aromatic hydroxyl groups is 1. The van der Waals surface area contributed by atoms with E-state index in [0.29, 0.717) is 5.69 Å². The number of aliphatic carboxylic acids is 1.